The van der Waals surface area contributed by atoms with E-state index in [1.807, 2.05) is 0 Å². The van der Waals surface area contributed by atoms with Gasteiger partial charge in [0.1, 0.15) is 5.69 Å². The van der Waals surface area contributed by atoms with E-state index in [1.165, 1.54) is 18.2 Å². The van der Waals surface area contributed by atoms with Gasteiger partial charge in [-0.1, -0.05) is 12.5 Å². The molecule has 2 atom stereocenters. The van der Waals surface area contributed by atoms with Crippen molar-refractivity contribution in [3.63, 3.8) is 0 Å². The second kappa shape index (κ2) is 6.42. The highest BCUT2D eigenvalue weighted by Gasteiger charge is 2.34. The van der Waals surface area contributed by atoms with Crippen LogP contribution in [-0.4, -0.2) is 29.8 Å². The van der Waals surface area contributed by atoms with E-state index < -0.39 is 10.8 Å². The lowest BCUT2D eigenvalue weighted by atomic mass is 10.0. The Morgan fingerprint density at radius 3 is 2.68 bits per heavy atom. The molecule has 0 aromatic heterocycles. The van der Waals surface area contributed by atoms with Crippen LogP contribution in [0.1, 0.15) is 29.6 Å². The van der Waals surface area contributed by atoms with Crippen molar-refractivity contribution in [2.24, 2.45) is 11.7 Å². The molecule has 0 saturated heterocycles. The van der Waals surface area contributed by atoms with Crippen molar-refractivity contribution in [3.8, 4) is 0 Å². The molecule has 1 aromatic rings. The molecular weight excluding hydrogens is 288 g/mol. The molecule has 0 unspecified atom stereocenters. The van der Waals surface area contributed by atoms with Crippen LogP contribution in [0.3, 0.4) is 0 Å². The molecule has 22 heavy (non-hydrogen) atoms. The van der Waals surface area contributed by atoms with Crippen molar-refractivity contribution < 1.29 is 14.5 Å². The third kappa shape index (κ3) is 3.00. The van der Waals surface area contributed by atoms with Gasteiger partial charge in [0.2, 0.25) is 5.91 Å². The summed E-state index contributed by atoms with van der Waals surface area (Å²) in [5.74, 6) is -1.15. The Balaban J connectivity index is 2.37. The number of nitrogens with zero attached hydrogens (tertiary/aromatic N) is 1. The molecule has 2 amide bonds. The average molecular weight is 306 g/mol. The number of nitro groups is 1. The fourth-order valence-corrected chi connectivity index (χ4v) is 2.87. The van der Waals surface area contributed by atoms with Gasteiger partial charge in [-0.3, -0.25) is 19.7 Å². The van der Waals surface area contributed by atoms with Crippen LogP contribution in [0.4, 0.5) is 11.4 Å². The van der Waals surface area contributed by atoms with Gasteiger partial charge >= 0.3 is 0 Å². The minimum Gasteiger partial charge on any atom is -0.375 e. The van der Waals surface area contributed by atoms with Crippen LogP contribution in [0.5, 0.6) is 0 Å². The van der Waals surface area contributed by atoms with Crippen molar-refractivity contribution in [2.45, 2.75) is 25.3 Å². The molecule has 0 radical (unpaired) electrons. The minimum atomic E-state index is -0.749. The van der Waals surface area contributed by atoms with E-state index in [2.05, 4.69) is 10.6 Å². The maximum absolute atomic E-state index is 11.9. The largest absolute Gasteiger partial charge is 0.375 e. The number of anilines is 1. The number of nitro benzene ring substituents is 1. The molecule has 118 valence electrons. The number of hydrogen-bond acceptors (Lipinski definition) is 5. The van der Waals surface area contributed by atoms with E-state index in [4.69, 9.17) is 5.73 Å². The maximum Gasteiger partial charge on any atom is 0.293 e. The fraction of sp³-hybridized carbons (Fsp3) is 0.429. The number of carbonyl (C=O) groups excluding carboxylic acids is 2. The summed E-state index contributed by atoms with van der Waals surface area (Å²) < 4.78 is 0. The number of para-hydroxylation sites is 1. The van der Waals surface area contributed by atoms with Crippen molar-refractivity contribution >= 4 is 23.2 Å². The standard InChI is InChI=1S/C14H18N4O4/c1-16-14(20)8-4-2-6-10(8)17-12-9(13(15)19)5-3-7-11(12)18(21)22/h3,5,7-8,10,17H,2,4,6H2,1H3,(H2,15,19)(H,16,20)/t8-,10-/m1/s1. The van der Waals surface area contributed by atoms with Crippen LogP contribution < -0.4 is 16.4 Å². The van der Waals surface area contributed by atoms with Crippen LogP contribution in [-0.2, 0) is 4.79 Å². The van der Waals surface area contributed by atoms with Crippen molar-refractivity contribution in [1.29, 1.82) is 0 Å². The molecule has 2 rings (SSSR count). The van der Waals surface area contributed by atoms with E-state index in [1.54, 1.807) is 7.05 Å². The highest BCUT2D eigenvalue weighted by molar-refractivity contribution is 6.00. The van der Waals surface area contributed by atoms with Gasteiger partial charge < -0.3 is 16.4 Å². The fourth-order valence-electron chi connectivity index (χ4n) is 2.87. The highest BCUT2D eigenvalue weighted by atomic mass is 16.6. The Morgan fingerprint density at radius 1 is 1.36 bits per heavy atom. The molecule has 0 heterocycles. The normalized spacial score (nSPS) is 20.4. The number of primary amides is 1. The Kier molecular flexibility index (Phi) is 4.59. The van der Waals surface area contributed by atoms with Gasteiger partial charge in [0.15, 0.2) is 0 Å². The van der Waals surface area contributed by atoms with E-state index >= 15 is 0 Å². The Labute approximate surface area is 127 Å². The second-order valence-electron chi connectivity index (χ2n) is 5.22. The summed E-state index contributed by atoms with van der Waals surface area (Å²) in [6.07, 6.45) is 2.23. The highest BCUT2D eigenvalue weighted by Crippen LogP contribution is 2.34. The lowest BCUT2D eigenvalue weighted by Crippen LogP contribution is -2.36. The number of hydrogen-bond donors (Lipinski definition) is 3. The summed E-state index contributed by atoms with van der Waals surface area (Å²) in [6, 6.07) is 3.88. The summed E-state index contributed by atoms with van der Waals surface area (Å²) in [5, 5.41) is 16.8. The number of nitrogens with one attached hydrogen (secondary N) is 2. The number of rotatable bonds is 5. The van der Waals surface area contributed by atoms with Gasteiger partial charge in [0.05, 0.1) is 16.4 Å². The third-order valence-electron chi connectivity index (χ3n) is 3.93. The first-order valence-corrected chi connectivity index (χ1v) is 7.01. The summed E-state index contributed by atoms with van der Waals surface area (Å²) in [5.41, 5.74) is 5.21. The molecule has 0 bridgehead atoms. The number of amides is 2. The Bertz CT molecular complexity index is 585. The molecule has 0 spiro atoms. The predicted octanol–water partition coefficient (Wildman–Crippen LogP) is 1.02. The van der Waals surface area contributed by atoms with Gasteiger partial charge in [0.25, 0.3) is 11.6 Å². The molecule has 8 nitrogen and oxygen atoms in total. The lowest BCUT2D eigenvalue weighted by Gasteiger charge is -2.21. The zero-order chi connectivity index (χ0) is 16.3. The van der Waals surface area contributed by atoms with Crippen molar-refractivity contribution in [1.82, 2.24) is 5.32 Å². The van der Waals surface area contributed by atoms with Crippen molar-refractivity contribution in [2.75, 3.05) is 12.4 Å². The molecule has 1 aromatic carbocycles. The zero-order valence-electron chi connectivity index (χ0n) is 12.2. The molecule has 1 aliphatic carbocycles. The Morgan fingerprint density at radius 2 is 2.09 bits per heavy atom. The predicted molar refractivity (Wildman–Crippen MR) is 80.4 cm³/mol. The summed E-state index contributed by atoms with van der Waals surface area (Å²) in [6.45, 7) is 0. The zero-order valence-corrected chi connectivity index (χ0v) is 12.2. The van der Waals surface area contributed by atoms with Crippen LogP contribution in [0.25, 0.3) is 0 Å². The molecule has 8 heteroatoms. The molecule has 1 saturated carbocycles. The van der Waals surface area contributed by atoms with Crippen molar-refractivity contribution in [3.05, 3.63) is 33.9 Å². The Hall–Kier alpha value is -2.64. The van der Waals surface area contributed by atoms with E-state index in [9.17, 15) is 19.7 Å². The smallest absolute Gasteiger partial charge is 0.293 e. The summed E-state index contributed by atoms with van der Waals surface area (Å²) in [7, 11) is 1.55. The quantitative estimate of drug-likeness (QED) is 0.553. The first-order chi connectivity index (χ1) is 10.5. The third-order valence-corrected chi connectivity index (χ3v) is 3.93. The lowest BCUT2D eigenvalue weighted by molar-refractivity contribution is -0.384. The van der Waals surface area contributed by atoms with Crippen LogP contribution >= 0.6 is 0 Å². The van der Waals surface area contributed by atoms with E-state index in [0.717, 1.165) is 6.42 Å². The number of benzene rings is 1. The number of nitrogens with two attached hydrogens (primary N) is 1. The molecule has 4 N–H and O–H groups in total. The first kappa shape index (κ1) is 15.7. The monoisotopic (exact) mass is 306 g/mol. The maximum atomic E-state index is 11.9. The van der Waals surface area contributed by atoms with Gasteiger partial charge in [-0.05, 0) is 18.9 Å². The average Bonchev–Trinajstić information content (AvgIpc) is 2.94. The van der Waals surface area contributed by atoms with Gasteiger partial charge in [-0.15, -0.1) is 0 Å². The topological polar surface area (TPSA) is 127 Å². The van der Waals surface area contributed by atoms with Crippen LogP contribution in [0.2, 0.25) is 0 Å². The summed E-state index contributed by atoms with van der Waals surface area (Å²) in [4.78, 5) is 34.0. The second-order valence-corrected chi connectivity index (χ2v) is 5.22. The van der Waals surface area contributed by atoms with E-state index in [0.29, 0.717) is 12.8 Å². The van der Waals surface area contributed by atoms with Gasteiger partial charge in [-0.2, -0.15) is 0 Å². The van der Waals surface area contributed by atoms with Gasteiger partial charge in [-0.25, -0.2) is 0 Å². The minimum absolute atomic E-state index is 0.0526. The first-order valence-electron chi connectivity index (χ1n) is 7.01. The molecule has 1 aliphatic rings. The SMILES string of the molecule is CNC(=O)[C@@H]1CCC[C@H]1Nc1c(C(N)=O)cccc1[N+](=O)[O-]. The van der Waals surface area contributed by atoms with E-state index in [-0.39, 0.29) is 34.8 Å². The molecular formula is C14H18N4O4. The summed E-state index contributed by atoms with van der Waals surface area (Å²) >= 11 is 0. The molecule has 1 fully saturated rings. The number of carbonyl (C=O) groups is 2. The van der Waals surface area contributed by atoms with Crippen LogP contribution in [0.15, 0.2) is 18.2 Å². The molecule has 0 aliphatic heterocycles. The van der Waals surface area contributed by atoms with Gasteiger partial charge in [0, 0.05) is 19.2 Å². The van der Waals surface area contributed by atoms with Crippen LogP contribution in [0, 0.1) is 16.0 Å².